The average Bonchev–Trinajstić information content (AvgIpc) is 3.39. The summed E-state index contributed by atoms with van der Waals surface area (Å²) in [5.74, 6) is -0.0306. The number of hydrogen-bond donors (Lipinski definition) is 3. The lowest BCUT2D eigenvalue weighted by Crippen LogP contribution is -2.45. The molecule has 6 nitrogen and oxygen atoms in total. The molecule has 6 heteroatoms. The second-order valence-corrected chi connectivity index (χ2v) is 23.2. The molecule has 434 valence electrons. The van der Waals surface area contributed by atoms with Crippen molar-refractivity contribution in [2.24, 2.45) is 0 Å². The Bertz CT molecular complexity index is 1100. The van der Waals surface area contributed by atoms with Crippen LogP contribution in [0.1, 0.15) is 380 Å². The number of carbonyl (C=O) groups excluding carboxylic acids is 2. The van der Waals surface area contributed by atoms with E-state index in [0.717, 1.165) is 44.9 Å². The van der Waals surface area contributed by atoms with E-state index in [2.05, 4.69) is 31.3 Å². The van der Waals surface area contributed by atoms with Crippen LogP contribution in [0.15, 0.2) is 12.2 Å². The number of rotatable bonds is 63. The molecule has 0 aliphatic heterocycles. The molecule has 2 unspecified atom stereocenters. The molecule has 3 N–H and O–H groups in total. The lowest BCUT2D eigenvalue weighted by atomic mass is 10.0. The third-order valence-electron chi connectivity index (χ3n) is 15.8. The smallest absolute Gasteiger partial charge is 0.305 e. The first-order valence-corrected chi connectivity index (χ1v) is 33.4. The molecule has 0 bridgehead atoms. The largest absolute Gasteiger partial charge is 0.466 e. The average molecular weight is 1030 g/mol. The van der Waals surface area contributed by atoms with Crippen LogP contribution in [0.5, 0.6) is 0 Å². The Kier molecular flexibility index (Phi) is 61.9. The van der Waals surface area contributed by atoms with E-state index in [9.17, 15) is 19.8 Å². The van der Waals surface area contributed by atoms with E-state index in [1.807, 2.05) is 0 Å². The van der Waals surface area contributed by atoms with Crippen molar-refractivity contribution < 1.29 is 24.5 Å². The minimum atomic E-state index is -0.667. The Morgan fingerprint density at radius 3 is 0.973 bits per heavy atom. The van der Waals surface area contributed by atoms with Crippen LogP contribution in [0.3, 0.4) is 0 Å². The SMILES string of the molecule is CCCCCCCCC/C=C\CCCCCCCC(=O)OCCCCCCCCCCCCCCCCCCCCCC(=O)NC(CO)C(O)CCCCCCCCCCCCCCCCCCCCCCC. The summed E-state index contributed by atoms with van der Waals surface area (Å²) in [5.41, 5.74) is 0. The van der Waals surface area contributed by atoms with Crippen LogP contribution in [-0.2, 0) is 14.3 Å². The Morgan fingerprint density at radius 2 is 0.644 bits per heavy atom. The van der Waals surface area contributed by atoms with Gasteiger partial charge >= 0.3 is 5.97 Å². The molecule has 0 aliphatic carbocycles. The molecular formula is C67H131NO5. The summed E-state index contributed by atoms with van der Waals surface area (Å²) in [6.45, 7) is 4.98. The monoisotopic (exact) mass is 1030 g/mol. The fraction of sp³-hybridized carbons (Fsp3) is 0.940. The van der Waals surface area contributed by atoms with Gasteiger partial charge in [0.15, 0.2) is 0 Å². The van der Waals surface area contributed by atoms with Crippen molar-refractivity contribution >= 4 is 11.9 Å². The van der Waals surface area contributed by atoms with Crippen LogP contribution in [0.2, 0.25) is 0 Å². The zero-order chi connectivity index (χ0) is 52.9. The molecule has 0 rings (SSSR count). The predicted molar refractivity (Wildman–Crippen MR) is 320 cm³/mol. The number of hydrogen-bond acceptors (Lipinski definition) is 5. The van der Waals surface area contributed by atoms with Gasteiger partial charge in [0.1, 0.15) is 0 Å². The second-order valence-electron chi connectivity index (χ2n) is 23.2. The maximum atomic E-state index is 12.5. The van der Waals surface area contributed by atoms with Crippen molar-refractivity contribution in [3.8, 4) is 0 Å². The third kappa shape index (κ3) is 59.7. The van der Waals surface area contributed by atoms with Gasteiger partial charge in [-0.3, -0.25) is 9.59 Å². The van der Waals surface area contributed by atoms with Gasteiger partial charge in [0.25, 0.3) is 0 Å². The van der Waals surface area contributed by atoms with Gasteiger partial charge in [-0.25, -0.2) is 0 Å². The molecule has 73 heavy (non-hydrogen) atoms. The third-order valence-corrected chi connectivity index (χ3v) is 15.8. The molecule has 0 radical (unpaired) electrons. The Labute approximate surface area is 457 Å². The first kappa shape index (κ1) is 71.6. The van der Waals surface area contributed by atoms with Crippen LogP contribution in [-0.4, -0.2) is 47.4 Å². The number of allylic oxidation sites excluding steroid dienone is 2. The van der Waals surface area contributed by atoms with Gasteiger partial charge in [-0.05, 0) is 51.4 Å². The predicted octanol–water partition coefficient (Wildman–Crippen LogP) is 21.2. The molecule has 0 aromatic carbocycles. The van der Waals surface area contributed by atoms with Crippen molar-refractivity contribution in [3.05, 3.63) is 12.2 Å². The Hall–Kier alpha value is -1.40. The van der Waals surface area contributed by atoms with Crippen molar-refractivity contribution in [1.29, 1.82) is 0 Å². The molecule has 0 saturated heterocycles. The summed E-state index contributed by atoms with van der Waals surface area (Å²) in [7, 11) is 0. The number of unbranched alkanes of at least 4 members (excludes halogenated alkanes) is 50. The van der Waals surface area contributed by atoms with E-state index in [1.54, 1.807) is 0 Å². The zero-order valence-electron chi connectivity index (χ0n) is 49.6. The maximum absolute atomic E-state index is 12.5. The lowest BCUT2D eigenvalue weighted by molar-refractivity contribution is -0.143. The molecule has 0 aliphatic rings. The normalized spacial score (nSPS) is 12.5. The highest BCUT2D eigenvalue weighted by atomic mass is 16.5. The molecule has 0 aromatic rings. The molecule has 0 aromatic heterocycles. The quantitative estimate of drug-likeness (QED) is 0.0320. The fourth-order valence-corrected chi connectivity index (χ4v) is 10.7. The molecule has 1 amide bonds. The second kappa shape index (κ2) is 63.1. The number of amides is 1. The summed E-state index contributed by atoms with van der Waals surface area (Å²) in [6, 6.07) is -0.544. The summed E-state index contributed by atoms with van der Waals surface area (Å²) in [6.07, 6.45) is 76.6. The van der Waals surface area contributed by atoms with Gasteiger partial charge in [-0.2, -0.15) is 0 Å². The van der Waals surface area contributed by atoms with Gasteiger partial charge in [0, 0.05) is 12.8 Å². The highest BCUT2D eigenvalue weighted by molar-refractivity contribution is 5.76. The molecule has 0 heterocycles. The van der Waals surface area contributed by atoms with Gasteiger partial charge in [0.2, 0.25) is 5.91 Å². The van der Waals surface area contributed by atoms with E-state index in [0.29, 0.717) is 25.9 Å². The summed E-state index contributed by atoms with van der Waals surface area (Å²) >= 11 is 0. The standard InChI is InChI=1S/C67H131NO5/c1-3-5-7-9-11-13-15-17-19-21-22-23-25-28-31-35-39-43-47-51-55-59-65(70)64(63-69)68-66(71)60-56-52-48-44-40-36-32-29-26-24-27-30-34-38-42-46-50-54-58-62-73-67(72)61-57-53-49-45-41-37-33-20-18-16-14-12-10-8-6-4-2/h20,33,64-65,69-70H,3-19,21-32,34-63H2,1-2H3,(H,68,71)/b33-20-. The number of aliphatic hydroxyl groups is 2. The van der Waals surface area contributed by atoms with Crippen molar-refractivity contribution in [1.82, 2.24) is 5.32 Å². The topological polar surface area (TPSA) is 95.9 Å². The maximum Gasteiger partial charge on any atom is 0.305 e. The first-order valence-electron chi connectivity index (χ1n) is 33.4. The highest BCUT2D eigenvalue weighted by Crippen LogP contribution is 2.19. The molecule has 0 spiro atoms. The molecular weight excluding hydrogens is 899 g/mol. The van der Waals surface area contributed by atoms with Crippen molar-refractivity contribution in [3.63, 3.8) is 0 Å². The molecule has 0 fully saturated rings. The van der Waals surface area contributed by atoms with E-state index in [1.165, 1.54) is 302 Å². The fourth-order valence-electron chi connectivity index (χ4n) is 10.7. The number of aliphatic hydroxyl groups excluding tert-OH is 2. The van der Waals surface area contributed by atoms with Gasteiger partial charge in [0.05, 0.1) is 25.4 Å². The van der Waals surface area contributed by atoms with Crippen LogP contribution in [0.25, 0.3) is 0 Å². The summed E-state index contributed by atoms with van der Waals surface area (Å²) < 4.78 is 5.49. The van der Waals surface area contributed by atoms with Crippen molar-refractivity contribution in [2.45, 2.75) is 392 Å². The molecule has 2 atom stereocenters. The van der Waals surface area contributed by atoms with Gasteiger partial charge in [-0.1, -0.05) is 328 Å². The minimum Gasteiger partial charge on any atom is -0.466 e. The number of esters is 1. The summed E-state index contributed by atoms with van der Waals surface area (Å²) in [5, 5.41) is 23.4. The minimum absolute atomic E-state index is 0.00293. The lowest BCUT2D eigenvalue weighted by Gasteiger charge is -2.22. The van der Waals surface area contributed by atoms with Gasteiger partial charge < -0.3 is 20.3 Å². The number of carbonyl (C=O) groups is 2. The zero-order valence-corrected chi connectivity index (χ0v) is 49.6. The van der Waals surface area contributed by atoms with E-state index >= 15 is 0 Å². The Morgan fingerprint density at radius 1 is 0.370 bits per heavy atom. The van der Waals surface area contributed by atoms with Crippen LogP contribution in [0.4, 0.5) is 0 Å². The van der Waals surface area contributed by atoms with E-state index in [-0.39, 0.29) is 18.5 Å². The Balaban J connectivity index is 3.39. The molecule has 0 saturated carbocycles. The summed E-state index contributed by atoms with van der Waals surface area (Å²) in [4.78, 5) is 24.6. The van der Waals surface area contributed by atoms with Crippen LogP contribution in [0, 0.1) is 0 Å². The van der Waals surface area contributed by atoms with E-state index in [4.69, 9.17) is 4.74 Å². The van der Waals surface area contributed by atoms with Crippen LogP contribution >= 0.6 is 0 Å². The number of ether oxygens (including phenoxy) is 1. The van der Waals surface area contributed by atoms with Crippen LogP contribution < -0.4 is 5.32 Å². The van der Waals surface area contributed by atoms with Crippen molar-refractivity contribution in [2.75, 3.05) is 13.2 Å². The van der Waals surface area contributed by atoms with E-state index < -0.39 is 12.1 Å². The van der Waals surface area contributed by atoms with Gasteiger partial charge in [-0.15, -0.1) is 0 Å². The highest BCUT2D eigenvalue weighted by Gasteiger charge is 2.20. The first-order chi connectivity index (χ1) is 36.0. The number of nitrogens with one attached hydrogen (secondary N) is 1.